The zero-order valence-electron chi connectivity index (χ0n) is 15.1. The number of amides is 2. The Morgan fingerprint density at radius 2 is 1.54 bits per heavy atom. The molecule has 1 fully saturated rings. The number of rotatable bonds is 6. The molecule has 1 saturated heterocycles. The van der Waals surface area contributed by atoms with Crippen LogP contribution in [0.15, 0.2) is 60.7 Å². The Labute approximate surface area is 155 Å². The molecule has 4 heteroatoms. The Balaban J connectivity index is 1.36. The molecule has 1 N–H and O–H groups in total. The van der Waals surface area contributed by atoms with Crippen molar-refractivity contribution in [1.29, 1.82) is 0 Å². The first-order chi connectivity index (χ1) is 12.7. The third-order valence-corrected chi connectivity index (χ3v) is 4.99. The molecule has 3 rings (SSSR count). The molecule has 26 heavy (non-hydrogen) atoms. The number of piperidine rings is 1. The van der Waals surface area contributed by atoms with Gasteiger partial charge in [-0.2, -0.15) is 0 Å². The summed E-state index contributed by atoms with van der Waals surface area (Å²) in [7, 11) is 0. The Morgan fingerprint density at radius 3 is 2.19 bits per heavy atom. The highest BCUT2D eigenvalue weighted by molar-refractivity contribution is 5.94. The molecule has 1 heterocycles. The summed E-state index contributed by atoms with van der Waals surface area (Å²) in [5.74, 6) is 0.663. The number of benzene rings is 2. The summed E-state index contributed by atoms with van der Waals surface area (Å²) in [6.45, 7) is 2.03. The zero-order valence-corrected chi connectivity index (χ0v) is 15.1. The van der Waals surface area contributed by atoms with E-state index in [0.717, 1.165) is 32.4 Å². The van der Waals surface area contributed by atoms with Crippen molar-refractivity contribution >= 4 is 11.8 Å². The Kier molecular flexibility index (Phi) is 6.42. The van der Waals surface area contributed by atoms with Gasteiger partial charge in [0, 0.05) is 31.6 Å². The van der Waals surface area contributed by atoms with Crippen molar-refractivity contribution in [3.63, 3.8) is 0 Å². The van der Waals surface area contributed by atoms with Crippen molar-refractivity contribution in [2.24, 2.45) is 5.92 Å². The minimum Gasteiger partial charge on any atom is -0.352 e. The van der Waals surface area contributed by atoms with E-state index in [1.54, 1.807) is 12.1 Å². The molecule has 4 nitrogen and oxygen atoms in total. The van der Waals surface area contributed by atoms with Gasteiger partial charge in [0.15, 0.2) is 0 Å². The van der Waals surface area contributed by atoms with Gasteiger partial charge in [0.05, 0.1) is 0 Å². The minimum absolute atomic E-state index is 0.125. The Bertz CT molecular complexity index is 707. The van der Waals surface area contributed by atoms with Gasteiger partial charge >= 0.3 is 0 Å². The van der Waals surface area contributed by atoms with Crippen LogP contribution in [0.25, 0.3) is 0 Å². The van der Waals surface area contributed by atoms with E-state index in [4.69, 9.17) is 0 Å². The molecular weight excluding hydrogens is 324 g/mol. The smallest absolute Gasteiger partial charge is 0.251 e. The number of likely N-dealkylation sites (tertiary alicyclic amines) is 1. The molecular formula is C22H26N2O2. The second kappa shape index (κ2) is 9.18. The lowest BCUT2D eigenvalue weighted by Crippen LogP contribution is -2.40. The van der Waals surface area contributed by atoms with E-state index < -0.39 is 0 Å². The molecule has 0 unspecified atom stereocenters. The van der Waals surface area contributed by atoms with Crippen molar-refractivity contribution in [2.45, 2.75) is 25.7 Å². The average molecular weight is 350 g/mol. The Hall–Kier alpha value is -2.62. The number of carbonyl (C=O) groups excluding carboxylic acids is 2. The summed E-state index contributed by atoms with van der Waals surface area (Å²) in [6, 6.07) is 19.6. The molecule has 1 aliphatic heterocycles. The van der Waals surface area contributed by atoms with Crippen LogP contribution in [0.3, 0.4) is 0 Å². The van der Waals surface area contributed by atoms with Crippen LogP contribution < -0.4 is 5.32 Å². The highest BCUT2D eigenvalue weighted by atomic mass is 16.2. The van der Waals surface area contributed by atoms with Gasteiger partial charge in [0.2, 0.25) is 5.91 Å². The molecule has 1 aliphatic rings. The van der Waals surface area contributed by atoms with Crippen LogP contribution in [0.2, 0.25) is 0 Å². The molecule has 0 aromatic heterocycles. The third-order valence-electron chi connectivity index (χ3n) is 4.99. The predicted octanol–water partition coefficient (Wildman–Crippen LogP) is 3.29. The maximum atomic E-state index is 12.4. The summed E-state index contributed by atoms with van der Waals surface area (Å²) in [6.07, 6.45) is 3.56. The predicted molar refractivity (Wildman–Crippen MR) is 103 cm³/mol. The summed E-state index contributed by atoms with van der Waals surface area (Å²) < 4.78 is 0. The average Bonchev–Trinajstić information content (AvgIpc) is 2.70. The molecule has 0 atom stereocenters. The van der Waals surface area contributed by atoms with Gasteiger partial charge in [-0.1, -0.05) is 48.5 Å². The van der Waals surface area contributed by atoms with Gasteiger partial charge in [0.25, 0.3) is 5.91 Å². The summed E-state index contributed by atoms with van der Waals surface area (Å²) in [4.78, 5) is 26.3. The SMILES string of the molecule is O=C(NCCC(=O)N1CCC(Cc2ccccc2)CC1)c1ccccc1. The number of nitrogens with one attached hydrogen (secondary N) is 1. The topological polar surface area (TPSA) is 49.4 Å². The second-order valence-electron chi connectivity index (χ2n) is 6.89. The largest absolute Gasteiger partial charge is 0.352 e. The molecule has 2 amide bonds. The summed E-state index contributed by atoms with van der Waals surface area (Å²) >= 11 is 0. The van der Waals surface area contributed by atoms with E-state index in [0.29, 0.717) is 24.4 Å². The van der Waals surface area contributed by atoms with Crippen LogP contribution in [0.4, 0.5) is 0 Å². The van der Waals surface area contributed by atoms with Gasteiger partial charge in [0.1, 0.15) is 0 Å². The van der Waals surface area contributed by atoms with Gasteiger partial charge in [-0.25, -0.2) is 0 Å². The van der Waals surface area contributed by atoms with Gasteiger partial charge in [-0.05, 0) is 42.9 Å². The lowest BCUT2D eigenvalue weighted by molar-refractivity contribution is -0.132. The van der Waals surface area contributed by atoms with Crippen molar-refractivity contribution in [1.82, 2.24) is 10.2 Å². The second-order valence-corrected chi connectivity index (χ2v) is 6.89. The first kappa shape index (κ1) is 18.2. The van der Waals surface area contributed by atoms with E-state index in [1.807, 2.05) is 29.2 Å². The fraction of sp³-hybridized carbons (Fsp3) is 0.364. The van der Waals surface area contributed by atoms with Crippen LogP contribution in [-0.2, 0) is 11.2 Å². The maximum absolute atomic E-state index is 12.4. The van der Waals surface area contributed by atoms with Crippen LogP contribution in [0.5, 0.6) is 0 Å². The Morgan fingerprint density at radius 1 is 0.923 bits per heavy atom. The fourth-order valence-electron chi connectivity index (χ4n) is 3.47. The van der Waals surface area contributed by atoms with Crippen molar-refractivity contribution in [3.05, 3.63) is 71.8 Å². The summed E-state index contributed by atoms with van der Waals surface area (Å²) in [5.41, 5.74) is 2.00. The first-order valence-electron chi connectivity index (χ1n) is 9.37. The quantitative estimate of drug-likeness (QED) is 0.869. The van der Waals surface area contributed by atoms with E-state index in [-0.39, 0.29) is 11.8 Å². The van der Waals surface area contributed by atoms with E-state index in [1.165, 1.54) is 5.56 Å². The molecule has 0 radical (unpaired) electrons. The number of hydrogen-bond acceptors (Lipinski definition) is 2. The normalized spacial score (nSPS) is 14.8. The van der Waals surface area contributed by atoms with Crippen LogP contribution >= 0.6 is 0 Å². The monoisotopic (exact) mass is 350 g/mol. The van der Waals surface area contributed by atoms with E-state index in [9.17, 15) is 9.59 Å². The van der Waals surface area contributed by atoms with Crippen molar-refractivity contribution in [2.75, 3.05) is 19.6 Å². The minimum atomic E-state index is -0.125. The number of carbonyl (C=O) groups is 2. The molecule has 2 aromatic rings. The number of nitrogens with zero attached hydrogens (tertiary/aromatic N) is 1. The molecule has 0 spiro atoms. The fourth-order valence-corrected chi connectivity index (χ4v) is 3.47. The van der Waals surface area contributed by atoms with E-state index >= 15 is 0 Å². The molecule has 0 aliphatic carbocycles. The lowest BCUT2D eigenvalue weighted by atomic mass is 9.90. The highest BCUT2D eigenvalue weighted by Gasteiger charge is 2.22. The van der Waals surface area contributed by atoms with Gasteiger partial charge in [-0.3, -0.25) is 9.59 Å². The van der Waals surface area contributed by atoms with Crippen LogP contribution in [0, 0.1) is 5.92 Å². The van der Waals surface area contributed by atoms with Crippen molar-refractivity contribution in [3.8, 4) is 0 Å². The molecule has 0 bridgehead atoms. The standard InChI is InChI=1S/C22H26N2O2/c25-21(11-14-23-22(26)20-9-5-2-6-10-20)24-15-12-19(13-16-24)17-18-7-3-1-4-8-18/h1-10,19H,11-17H2,(H,23,26). The third kappa shape index (κ3) is 5.19. The highest BCUT2D eigenvalue weighted by Crippen LogP contribution is 2.22. The molecule has 2 aromatic carbocycles. The van der Waals surface area contributed by atoms with Gasteiger partial charge < -0.3 is 10.2 Å². The maximum Gasteiger partial charge on any atom is 0.251 e. The molecule has 0 saturated carbocycles. The zero-order chi connectivity index (χ0) is 18.2. The first-order valence-corrected chi connectivity index (χ1v) is 9.37. The number of hydrogen-bond donors (Lipinski definition) is 1. The van der Waals surface area contributed by atoms with Gasteiger partial charge in [-0.15, -0.1) is 0 Å². The lowest BCUT2D eigenvalue weighted by Gasteiger charge is -2.32. The van der Waals surface area contributed by atoms with Crippen molar-refractivity contribution < 1.29 is 9.59 Å². The summed E-state index contributed by atoms with van der Waals surface area (Å²) in [5, 5.41) is 2.82. The van der Waals surface area contributed by atoms with Crippen LogP contribution in [0.1, 0.15) is 35.2 Å². The van der Waals surface area contributed by atoms with E-state index in [2.05, 4.69) is 29.6 Å². The van der Waals surface area contributed by atoms with Crippen LogP contribution in [-0.4, -0.2) is 36.3 Å². The molecule has 136 valence electrons.